The average molecular weight is 290 g/mol. The fourth-order valence-corrected chi connectivity index (χ4v) is 2.60. The number of anilines is 1. The van der Waals surface area contributed by atoms with E-state index in [0.29, 0.717) is 19.5 Å². The normalized spacial score (nSPS) is 10.3. The second kappa shape index (κ2) is 7.07. The van der Waals surface area contributed by atoms with E-state index in [1.54, 1.807) is 23.3 Å². The van der Waals surface area contributed by atoms with Crippen LogP contribution in [0.2, 0.25) is 0 Å². The predicted octanol–water partition coefficient (Wildman–Crippen LogP) is 2.64. The molecular weight excluding hydrogens is 272 g/mol. The quantitative estimate of drug-likeness (QED) is 0.890. The van der Waals surface area contributed by atoms with Crippen molar-refractivity contribution in [1.29, 1.82) is 0 Å². The molecule has 106 valence electrons. The standard InChI is InChI=1S/C15H18N2O2S/c1-19-13-6-4-12(5-7-13)17(15(18)8-9-16)11-14-3-2-10-20-14/h2-7,10H,8-9,11,16H2,1H3. The number of carbonyl (C=O) groups is 1. The summed E-state index contributed by atoms with van der Waals surface area (Å²) in [6.45, 7) is 0.929. The first-order valence-electron chi connectivity index (χ1n) is 6.41. The van der Waals surface area contributed by atoms with Crippen molar-refractivity contribution in [3.63, 3.8) is 0 Å². The Bertz CT molecular complexity index is 538. The molecule has 5 heteroatoms. The van der Waals surface area contributed by atoms with Gasteiger partial charge in [0.1, 0.15) is 5.75 Å². The van der Waals surface area contributed by atoms with Gasteiger partial charge in [-0.3, -0.25) is 4.79 Å². The van der Waals surface area contributed by atoms with E-state index >= 15 is 0 Å². The molecule has 0 spiro atoms. The third-order valence-corrected chi connectivity index (χ3v) is 3.80. The Morgan fingerprint density at radius 3 is 2.60 bits per heavy atom. The molecule has 1 amide bonds. The zero-order chi connectivity index (χ0) is 14.4. The number of amides is 1. The van der Waals surface area contributed by atoms with Crippen LogP contribution in [0.4, 0.5) is 5.69 Å². The number of rotatable bonds is 6. The van der Waals surface area contributed by atoms with Crippen molar-refractivity contribution >= 4 is 22.9 Å². The molecule has 20 heavy (non-hydrogen) atoms. The third kappa shape index (κ3) is 3.59. The lowest BCUT2D eigenvalue weighted by molar-refractivity contribution is -0.118. The summed E-state index contributed by atoms with van der Waals surface area (Å²) < 4.78 is 5.14. The van der Waals surface area contributed by atoms with Gasteiger partial charge in [-0.15, -0.1) is 11.3 Å². The van der Waals surface area contributed by atoms with Crippen LogP contribution in [0.5, 0.6) is 5.75 Å². The maximum absolute atomic E-state index is 12.2. The van der Waals surface area contributed by atoms with Crippen LogP contribution < -0.4 is 15.4 Å². The van der Waals surface area contributed by atoms with Crippen LogP contribution in [-0.4, -0.2) is 19.6 Å². The van der Waals surface area contributed by atoms with Crippen molar-refractivity contribution in [3.05, 3.63) is 46.7 Å². The molecule has 0 saturated heterocycles. The van der Waals surface area contributed by atoms with Crippen molar-refractivity contribution in [2.24, 2.45) is 5.73 Å². The largest absolute Gasteiger partial charge is 0.497 e. The number of benzene rings is 1. The highest BCUT2D eigenvalue weighted by atomic mass is 32.1. The number of nitrogens with two attached hydrogens (primary N) is 1. The maximum Gasteiger partial charge on any atom is 0.228 e. The zero-order valence-corrected chi connectivity index (χ0v) is 12.2. The second-order valence-electron chi connectivity index (χ2n) is 4.30. The Kier molecular flexibility index (Phi) is 5.15. The number of hydrogen-bond acceptors (Lipinski definition) is 4. The van der Waals surface area contributed by atoms with Gasteiger partial charge in [0.15, 0.2) is 0 Å². The van der Waals surface area contributed by atoms with Crippen molar-refractivity contribution in [1.82, 2.24) is 0 Å². The number of ether oxygens (including phenoxy) is 1. The molecule has 2 aromatic rings. The molecule has 0 aliphatic carbocycles. The van der Waals surface area contributed by atoms with E-state index in [1.165, 1.54) is 0 Å². The monoisotopic (exact) mass is 290 g/mol. The van der Waals surface area contributed by atoms with Gasteiger partial charge in [-0.25, -0.2) is 0 Å². The van der Waals surface area contributed by atoms with Crippen molar-refractivity contribution in [2.45, 2.75) is 13.0 Å². The summed E-state index contributed by atoms with van der Waals surface area (Å²) in [5.74, 6) is 0.808. The molecule has 2 rings (SSSR count). The molecule has 0 saturated carbocycles. The lowest BCUT2D eigenvalue weighted by atomic mass is 10.2. The number of methoxy groups -OCH3 is 1. The summed E-state index contributed by atoms with van der Waals surface area (Å²) in [5, 5.41) is 2.01. The van der Waals surface area contributed by atoms with Crippen molar-refractivity contribution in [2.75, 3.05) is 18.6 Å². The number of thiophene rings is 1. The summed E-state index contributed by atoms with van der Waals surface area (Å²) in [6, 6.07) is 11.5. The Labute approximate surface area is 122 Å². The lowest BCUT2D eigenvalue weighted by Crippen LogP contribution is -2.31. The van der Waals surface area contributed by atoms with Gasteiger partial charge in [-0.1, -0.05) is 6.07 Å². The molecule has 4 nitrogen and oxygen atoms in total. The fraction of sp³-hybridized carbons (Fsp3) is 0.267. The summed E-state index contributed by atoms with van der Waals surface area (Å²) in [5.41, 5.74) is 6.36. The van der Waals surface area contributed by atoms with Gasteiger partial charge < -0.3 is 15.4 Å². The molecule has 0 atom stereocenters. The van der Waals surface area contributed by atoms with Crippen LogP contribution in [-0.2, 0) is 11.3 Å². The van der Waals surface area contributed by atoms with E-state index in [-0.39, 0.29) is 5.91 Å². The van der Waals surface area contributed by atoms with E-state index in [2.05, 4.69) is 0 Å². The van der Waals surface area contributed by atoms with Crippen LogP contribution in [0.15, 0.2) is 41.8 Å². The first-order valence-corrected chi connectivity index (χ1v) is 7.29. The molecule has 1 aromatic heterocycles. The molecule has 1 aromatic carbocycles. The highest BCUT2D eigenvalue weighted by molar-refractivity contribution is 7.09. The summed E-state index contributed by atoms with van der Waals surface area (Å²) in [6.07, 6.45) is 0.345. The molecular formula is C15H18N2O2S. The van der Waals surface area contributed by atoms with E-state index in [4.69, 9.17) is 10.5 Å². The molecule has 0 bridgehead atoms. The van der Waals surface area contributed by atoms with Crippen LogP contribution in [0.1, 0.15) is 11.3 Å². The van der Waals surface area contributed by atoms with Crippen molar-refractivity contribution in [3.8, 4) is 5.75 Å². The van der Waals surface area contributed by atoms with Gasteiger partial charge in [0.2, 0.25) is 5.91 Å². The van der Waals surface area contributed by atoms with Gasteiger partial charge in [0, 0.05) is 23.5 Å². The third-order valence-electron chi connectivity index (χ3n) is 2.94. The van der Waals surface area contributed by atoms with E-state index in [0.717, 1.165) is 16.3 Å². The summed E-state index contributed by atoms with van der Waals surface area (Å²) in [4.78, 5) is 15.2. The van der Waals surface area contributed by atoms with Gasteiger partial charge in [-0.2, -0.15) is 0 Å². The SMILES string of the molecule is COc1ccc(N(Cc2cccs2)C(=O)CCN)cc1. The van der Waals surface area contributed by atoms with Gasteiger partial charge in [-0.05, 0) is 35.7 Å². The van der Waals surface area contributed by atoms with E-state index in [9.17, 15) is 4.79 Å². The topological polar surface area (TPSA) is 55.6 Å². The Balaban J connectivity index is 2.22. The molecule has 0 unspecified atom stereocenters. The van der Waals surface area contributed by atoms with Crippen molar-refractivity contribution < 1.29 is 9.53 Å². The smallest absolute Gasteiger partial charge is 0.228 e. The lowest BCUT2D eigenvalue weighted by Gasteiger charge is -2.22. The minimum Gasteiger partial charge on any atom is -0.497 e. The minimum atomic E-state index is 0.0334. The number of carbonyl (C=O) groups excluding carboxylic acids is 1. The molecule has 0 radical (unpaired) electrons. The van der Waals surface area contributed by atoms with Gasteiger partial charge in [0.25, 0.3) is 0 Å². The summed E-state index contributed by atoms with van der Waals surface area (Å²) >= 11 is 1.64. The van der Waals surface area contributed by atoms with Gasteiger partial charge in [0.05, 0.1) is 13.7 Å². The second-order valence-corrected chi connectivity index (χ2v) is 5.33. The molecule has 2 N–H and O–H groups in total. The average Bonchev–Trinajstić information content (AvgIpc) is 2.98. The molecule has 0 aliphatic rings. The fourth-order valence-electron chi connectivity index (χ4n) is 1.90. The maximum atomic E-state index is 12.2. The highest BCUT2D eigenvalue weighted by Crippen LogP contribution is 2.23. The molecule has 0 aliphatic heterocycles. The number of hydrogen-bond donors (Lipinski definition) is 1. The Morgan fingerprint density at radius 2 is 2.05 bits per heavy atom. The Morgan fingerprint density at radius 1 is 1.30 bits per heavy atom. The predicted molar refractivity (Wildman–Crippen MR) is 82.2 cm³/mol. The zero-order valence-electron chi connectivity index (χ0n) is 11.4. The first-order chi connectivity index (χ1) is 9.74. The number of nitrogens with zero attached hydrogens (tertiary/aromatic N) is 1. The van der Waals surface area contributed by atoms with Gasteiger partial charge >= 0.3 is 0 Å². The van der Waals surface area contributed by atoms with Crippen LogP contribution in [0.25, 0.3) is 0 Å². The molecule has 0 fully saturated rings. The molecule has 1 heterocycles. The van der Waals surface area contributed by atoms with E-state index in [1.807, 2.05) is 41.8 Å². The van der Waals surface area contributed by atoms with Crippen LogP contribution in [0.3, 0.4) is 0 Å². The summed E-state index contributed by atoms with van der Waals surface area (Å²) in [7, 11) is 1.62. The van der Waals surface area contributed by atoms with E-state index < -0.39 is 0 Å². The van der Waals surface area contributed by atoms with Crippen LogP contribution in [0, 0.1) is 0 Å². The Hall–Kier alpha value is -1.85. The highest BCUT2D eigenvalue weighted by Gasteiger charge is 2.16. The first kappa shape index (κ1) is 14.6. The minimum absolute atomic E-state index is 0.0334. The van der Waals surface area contributed by atoms with Crippen LogP contribution >= 0.6 is 11.3 Å².